The number of aliphatic hydroxyl groups is 1. The Hall–Kier alpha value is -0.120. The minimum absolute atomic E-state index is 0.0308. The Labute approximate surface area is 124 Å². The molecule has 0 aromatic heterocycles. The third-order valence-electron chi connectivity index (χ3n) is 5.54. The van der Waals surface area contributed by atoms with E-state index in [1.807, 2.05) is 0 Å². The fourth-order valence-corrected chi connectivity index (χ4v) is 3.80. The molecule has 0 radical (unpaired) electrons. The van der Waals surface area contributed by atoms with Crippen LogP contribution in [0.25, 0.3) is 0 Å². The third-order valence-corrected chi connectivity index (χ3v) is 5.54. The van der Waals surface area contributed by atoms with Gasteiger partial charge in [0.15, 0.2) is 0 Å². The van der Waals surface area contributed by atoms with Crippen LogP contribution in [0, 0.1) is 0 Å². The topological polar surface area (TPSA) is 32.7 Å². The van der Waals surface area contributed by atoms with Gasteiger partial charge in [0.25, 0.3) is 0 Å². The average Bonchev–Trinajstić information content (AvgIpc) is 3.00. The SMILES string of the molecule is CCC(C)(C(O)CCCC1CCCO1)N1CCCCC1. The lowest BCUT2D eigenvalue weighted by atomic mass is 9.84. The van der Waals surface area contributed by atoms with Crippen LogP contribution in [0.1, 0.15) is 71.6 Å². The zero-order valence-electron chi connectivity index (χ0n) is 13.4. The van der Waals surface area contributed by atoms with Gasteiger partial charge in [-0.1, -0.05) is 13.3 Å². The molecular formula is C17H33NO2. The van der Waals surface area contributed by atoms with Crippen LogP contribution in [0.3, 0.4) is 0 Å². The maximum Gasteiger partial charge on any atom is 0.0721 e. The molecule has 2 heterocycles. The number of hydrogen-bond donors (Lipinski definition) is 1. The Bertz CT molecular complexity index is 272. The summed E-state index contributed by atoms with van der Waals surface area (Å²) in [7, 11) is 0. The van der Waals surface area contributed by atoms with E-state index >= 15 is 0 Å². The molecule has 20 heavy (non-hydrogen) atoms. The predicted octanol–water partition coefficient (Wildman–Crippen LogP) is 3.35. The molecule has 2 aliphatic rings. The largest absolute Gasteiger partial charge is 0.391 e. The van der Waals surface area contributed by atoms with Gasteiger partial charge in [-0.2, -0.15) is 0 Å². The summed E-state index contributed by atoms with van der Waals surface area (Å²) in [6, 6.07) is 0. The maximum atomic E-state index is 10.7. The van der Waals surface area contributed by atoms with Crippen LogP contribution in [-0.4, -0.2) is 47.4 Å². The molecule has 3 heteroatoms. The monoisotopic (exact) mass is 283 g/mol. The van der Waals surface area contributed by atoms with Crippen LogP contribution in [0.5, 0.6) is 0 Å². The fourth-order valence-electron chi connectivity index (χ4n) is 3.80. The zero-order chi connectivity index (χ0) is 14.4. The Morgan fingerprint density at radius 3 is 2.60 bits per heavy atom. The molecule has 0 amide bonds. The molecule has 0 spiro atoms. The molecule has 0 bridgehead atoms. The molecule has 0 aromatic rings. The highest BCUT2D eigenvalue weighted by atomic mass is 16.5. The third kappa shape index (κ3) is 3.96. The molecule has 3 unspecified atom stereocenters. The first-order valence-corrected chi connectivity index (χ1v) is 8.71. The van der Waals surface area contributed by atoms with Gasteiger partial charge in [-0.05, 0) is 71.4 Å². The Morgan fingerprint density at radius 1 is 1.25 bits per heavy atom. The second-order valence-electron chi connectivity index (χ2n) is 6.84. The number of hydrogen-bond acceptors (Lipinski definition) is 3. The highest BCUT2D eigenvalue weighted by Gasteiger charge is 2.37. The molecule has 0 aliphatic carbocycles. The number of aliphatic hydroxyl groups excluding tert-OH is 1. The molecule has 2 fully saturated rings. The van der Waals surface area contributed by atoms with Crippen molar-refractivity contribution in [2.45, 2.75) is 89.4 Å². The summed E-state index contributed by atoms with van der Waals surface area (Å²) in [4.78, 5) is 2.53. The van der Waals surface area contributed by atoms with Gasteiger partial charge >= 0.3 is 0 Å². The van der Waals surface area contributed by atoms with Gasteiger partial charge in [-0.15, -0.1) is 0 Å². The lowest BCUT2D eigenvalue weighted by molar-refractivity contribution is -0.0392. The quantitative estimate of drug-likeness (QED) is 0.778. The fraction of sp³-hybridized carbons (Fsp3) is 1.00. The first-order valence-electron chi connectivity index (χ1n) is 8.71. The molecule has 1 N–H and O–H groups in total. The summed E-state index contributed by atoms with van der Waals surface area (Å²) in [5.74, 6) is 0. The van der Waals surface area contributed by atoms with E-state index in [2.05, 4.69) is 18.7 Å². The summed E-state index contributed by atoms with van der Waals surface area (Å²) in [5, 5.41) is 10.7. The van der Waals surface area contributed by atoms with E-state index in [0.717, 1.165) is 45.4 Å². The molecular weight excluding hydrogens is 250 g/mol. The van der Waals surface area contributed by atoms with Crippen LogP contribution < -0.4 is 0 Å². The van der Waals surface area contributed by atoms with Gasteiger partial charge in [0, 0.05) is 12.1 Å². The molecule has 2 aliphatic heterocycles. The van der Waals surface area contributed by atoms with Crippen molar-refractivity contribution in [3.63, 3.8) is 0 Å². The second kappa shape index (κ2) is 7.77. The standard InChI is InChI=1S/C17H33NO2/c1-3-17(2,18-12-5-4-6-13-18)16(19)11-7-9-15-10-8-14-20-15/h15-16,19H,3-14H2,1-2H3. The van der Waals surface area contributed by atoms with Crippen molar-refractivity contribution < 1.29 is 9.84 Å². The molecule has 3 atom stereocenters. The van der Waals surface area contributed by atoms with Crippen LogP contribution in [-0.2, 0) is 4.74 Å². The van der Waals surface area contributed by atoms with E-state index in [1.165, 1.54) is 32.1 Å². The first kappa shape index (κ1) is 16.3. The highest BCUT2D eigenvalue weighted by molar-refractivity contribution is 4.93. The average molecular weight is 283 g/mol. The van der Waals surface area contributed by atoms with Gasteiger partial charge in [-0.25, -0.2) is 0 Å². The van der Waals surface area contributed by atoms with Gasteiger partial charge in [-0.3, -0.25) is 4.90 Å². The Morgan fingerprint density at radius 2 is 2.00 bits per heavy atom. The number of piperidine rings is 1. The van der Waals surface area contributed by atoms with Crippen molar-refractivity contribution >= 4 is 0 Å². The first-order chi connectivity index (χ1) is 9.66. The summed E-state index contributed by atoms with van der Waals surface area (Å²) >= 11 is 0. The molecule has 2 rings (SSSR count). The summed E-state index contributed by atoms with van der Waals surface area (Å²) in [6.07, 6.45) is 10.8. The normalized spacial score (nSPS) is 29.2. The van der Waals surface area contributed by atoms with E-state index in [1.54, 1.807) is 0 Å². The molecule has 0 saturated carbocycles. The van der Waals surface area contributed by atoms with Crippen LogP contribution >= 0.6 is 0 Å². The second-order valence-corrected chi connectivity index (χ2v) is 6.84. The van der Waals surface area contributed by atoms with Crippen molar-refractivity contribution in [1.82, 2.24) is 4.90 Å². The van der Waals surface area contributed by atoms with Crippen molar-refractivity contribution in [3.05, 3.63) is 0 Å². The van der Waals surface area contributed by atoms with Gasteiger partial charge in [0.2, 0.25) is 0 Å². The molecule has 118 valence electrons. The maximum absolute atomic E-state index is 10.7. The smallest absolute Gasteiger partial charge is 0.0721 e. The van der Waals surface area contributed by atoms with E-state index in [0.29, 0.717) is 6.10 Å². The highest BCUT2D eigenvalue weighted by Crippen LogP contribution is 2.30. The van der Waals surface area contributed by atoms with Crippen molar-refractivity contribution in [3.8, 4) is 0 Å². The summed E-state index contributed by atoms with van der Waals surface area (Å²) < 4.78 is 5.67. The lowest BCUT2D eigenvalue weighted by Crippen LogP contribution is -2.55. The van der Waals surface area contributed by atoms with E-state index in [9.17, 15) is 5.11 Å². The number of nitrogens with zero attached hydrogens (tertiary/aromatic N) is 1. The van der Waals surface area contributed by atoms with E-state index in [-0.39, 0.29) is 11.6 Å². The lowest BCUT2D eigenvalue weighted by Gasteiger charge is -2.46. The number of likely N-dealkylation sites (tertiary alicyclic amines) is 1. The Balaban J connectivity index is 1.78. The summed E-state index contributed by atoms with van der Waals surface area (Å²) in [5.41, 5.74) is -0.0308. The summed E-state index contributed by atoms with van der Waals surface area (Å²) in [6.45, 7) is 7.74. The van der Waals surface area contributed by atoms with Crippen molar-refractivity contribution in [1.29, 1.82) is 0 Å². The molecule has 2 saturated heterocycles. The minimum Gasteiger partial charge on any atom is -0.391 e. The molecule has 3 nitrogen and oxygen atoms in total. The number of ether oxygens (including phenoxy) is 1. The van der Waals surface area contributed by atoms with Gasteiger partial charge in [0.05, 0.1) is 12.2 Å². The van der Waals surface area contributed by atoms with Crippen LogP contribution in [0.2, 0.25) is 0 Å². The number of rotatable bonds is 7. The molecule has 0 aromatic carbocycles. The predicted molar refractivity (Wildman–Crippen MR) is 83.0 cm³/mol. The Kier molecular flexibility index (Phi) is 6.31. The van der Waals surface area contributed by atoms with E-state index in [4.69, 9.17) is 4.74 Å². The minimum atomic E-state index is -0.202. The van der Waals surface area contributed by atoms with Crippen molar-refractivity contribution in [2.24, 2.45) is 0 Å². The zero-order valence-corrected chi connectivity index (χ0v) is 13.4. The van der Waals surface area contributed by atoms with Gasteiger partial charge in [0.1, 0.15) is 0 Å². The van der Waals surface area contributed by atoms with Crippen molar-refractivity contribution in [2.75, 3.05) is 19.7 Å². The van der Waals surface area contributed by atoms with E-state index < -0.39 is 0 Å². The van der Waals surface area contributed by atoms with Crippen LogP contribution in [0.4, 0.5) is 0 Å². The van der Waals surface area contributed by atoms with Gasteiger partial charge < -0.3 is 9.84 Å². The van der Waals surface area contributed by atoms with Crippen LogP contribution in [0.15, 0.2) is 0 Å².